The van der Waals surface area contributed by atoms with Crippen LogP contribution in [0.2, 0.25) is 0 Å². The summed E-state index contributed by atoms with van der Waals surface area (Å²) >= 11 is 0. The van der Waals surface area contributed by atoms with Crippen LogP contribution < -0.4 is 0 Å². The second-order valence-corrected chi connectivity index (χ2v) is 8.97. The monoisotopic (exact) mass is 512 g/mol. The number of hydrogen-bond acceptors (Lipinski definition) is 2. The van der Waals surface area contributed by atoms with Crippen LogP contribution in [0.3, 0.4) is 0 Å². The molecule has 0 spiro atoms. The lowest BCUT2D eigenvalue weighted by atomic mass is 10.0. The highest BCUT2D eigenvalue weighted by Crippen LogP contribution is 2.32. The minimum absolute atomic E-state index is 0.290. The molecule has 6 rings (SSSR count). The van der Waals surface area contributed by atoms with Crippen molar-refractivity contribution in [1.29, 1.82) is 0 Å². The number of nitrogens with zero attached hydrogens (tertiary/aromatic N) is 2. The average Bonchev–Trinajstić information content (AvgIpc) is 2.97. The van der Waals surface area contributed by atoms with Crippen LogP contribution in [0.25, 0.3) is 44.7 Å². The standard InChI is InChI=1S/C34H19F3N2/c35-28-14-5-23(6-15-28)2-1-22-3-7-24(8-4-22)27-13-20-31-32(21-27)39-34(26-11-18-30(37)19-12-26)33(38-31)25-9-16-29(36)17-10-25/h3-21H. The van der Waals surface area contributed by atoms with Crippen molar-refractivity contribution in [3.05, 3.63) is 144 Å². The topological polar surface area (TPSA) is 25.8 Å². The molecule has 0 aliphatic heterocycles. The molecule has 1 aromatic heterocycles. The van der Waals surface area contributed by atoms with Crippen LogP contribution in [-0.2, 0) is 0 Å². The van der Waals surface area contributed by atoms with Gasteiger partial charge >= 0.3 is 0 Å². The van der Waals surface area contributed by atoms with Gasteiger partial charge < -0.3 is 0 Å². The van der Waals surface area contributed by atoms with Crippen molar-refractivity contribution in [2.24, 2.45) is 0 Å². The Morgan fingerprint density at radius 1 is 0.385 bits per heavy atom. The molecule has 5 aromatic carbocycles. The molecule has 0 atom stereocenters. The fourth-order valence-electron chi connectivity index (χ4n) is 4.28. The van der Waals surface area contributed by atoms with E-state index in [9.17, 15) is 13.2 Å². The van der Waals surface area contributed by atoms with Gasteiger partial charge in [-0.3, -0.25) is 0 Å². The first-order chi connectivity index (χ1) is 19.0. The summed E-state index contributed by atoms with van der Waals surface area (Å²) in [4.78, 5) is 9.78. The zero-order chi connectivity index (χ0) is 26.8. The summed E-state index contributed by atoms with van der Waals surface area (Å²) in [5.74, 6) is 5.16. The highest BCUT2D eigenvalue weighted by molar-refractivity contribution is 5.88. The molecule has 0 aliphatic rings. The molecule has 0 N–H and O–H groups in total. The van der Waals surface area contributed by atoms with Crippen molar-refractivity contribution in [3.8, 4) is 45.5 Å². The molecule has 0 amide bonds. The summed E-state index contributed by atoms with van der Waals surface area (Å²) in [5.41, 5.74) is 7.47. The Kier molecular flexibility index (Phi) is 6.36. The summed E-state index contributed by atoms with van der Waals surface area (Å²) in [6, 6.07) is 31.9. The molecule has 39 heavy (non-hydrogen) atoms. The van der Waals surface area contributed by atoms with Crippen molar-refractivity contribution in [1.82, 2.24) is 9.97 Å². The highest BCUT2D eigenvalue weighted by atomic mass is 19.1. The maximum atomic E-state index is 13.6. The molecule has 0 unspecified atom stereocenters. The Morgan fingerprint density at radius 2 is 0.769 bits per heavy atom. The Hall–Kier alpha value is -5.21. The first-order valence-electron chi connectivity index (χ1n) is 12.2. The zero-order valence-corrected chi connectivity index (χ0v) is 20.5. The van der Waals surface area contributed by atoms with Crippen LogP contribution in [0.15, 0.2) is 115 Å². The molecule has 5 heteroatoms. The van der Waals surface area contributed by atoms with E-state index in [1.54, 1.807) is 36.4 Å². The van der Waals surface area contributed by atoms with Crippen LogP contribution in [0.5, 0.6) is 0 Å². The Labute approximate surface area is 223 Å². The zero-order valence-electron chi connectivity index (χ0n) is 20.5. The van der Waals surface area contributed by atoms with E-state index in [0.717, 1.165) is 22.3 Å². The van der Waals surface area contributed by atoms with E-state index in [1.807, 2.05) is 42.5 Å². The highest BCUT2D eigenvalue weighted by Gasteiger charge is 2.14. The quantitative estimate of drug-likeness (QED) is 0.222. The molecule has 1 heterocycles. The summed E-state index contributed by atoms with van der Waals surface area (Å²) in [5, 5.41) is 0. The van der Waals surface area contributed by atoms with Gasteiger partial charge in [-0.05, 0) is 108 Å². The van der Waals surface area contributed by atoms with E-state index in [4.69, 9.17) is 9.97 Å². The SMILES string of the molecule is Fc1ccc(C#Cc2ccc(-c3ccc4nc(-c5ccc(F)cc5)c(-c5ccc(F)cc5)nc4c3)cc2)cc1. The molecule has 0 radical (unpaired) electrons. The van der Waals surface area contributed by atoms with Gasteiger partial charge in [0.15, 0.2) is 0 Å². The van der Waals surface area contributed by atoms with Crippen LogP contribution >= 0.6 is 0 Å². The van der Waals surface area contributed by atoms with Gasteiger partial charge in [-0.2, -0.15) is 0 Å². The normalized spacial score (nSPS) is 10.7. The fourth-order valence-corrected chi connectivity index (χ4v) is 4.28. The molecular weight excluding hydrogens is 493 g/mol. The molecule has 0 saturated heterocycles. The molecule has 0 fully saturated rings. The lowest BCUT2D eigenvalue weighted by molar-refractivity contribution is 0.627. The number of rotatable bonds is 3. The van der Waals surface area contributed by atoms with E-state index >= 15 is 0 Å². The van der Waals surface area contributed by atoms with Crippen molar-refractivity contribution in [3.63, 3.8) is 0 Å². The molecule has 0 saturated carbocycles. The van der Waals surface area contributed by atoms with Crippen molar-refractivity contribution < 1.29 is 13.2 Å². The molecule has 0 aliphatic carbocycles. The number of fused-ring (bicyclic) bond motifs is 1. The van der Waals surface area contributed by atoms with Crippen molar-refractivity contribution in [2.45, 2.75) is 0 Å². The third kappa shape index (κ3) is 5.27. The van der Waals surface area contributed by atoms with Gasteiger partial charge in [-0.1, -0.05) is 30.0 Å². The Morgan fingerprint density at radius 3 is 1.28 bits per heavy atom. The third-order valence-electron chi connectivity index (χ3n) is 6.31. The third-order valence-corrected chi connectivity index (χ3v) is 6.31. The predicted molar refractivity (Wildman–Crippen MR) is 148 cm³/mol. The van der Waals surface area contributed by atoms with E-state index in [2.05, 4.69) is 11.8 Å². The average molecular weight is 513 g/mol. The summed E-state index contributed by atoms with van der Waals surface area (Å²) in [6.45, 7) is 0. The maximum absolute atomic E-state index is 13.6. The van der Waals surface area contributed by atoms with Crippen LogP contribution in [0, 0.1) is 29.3 Å². The number of halogens is 3. The van der Waals surface area contributed by atoms with Gasteiger partial charge in [0.25, 0.3) is 0 Å². The molecule has 2 nitrogen and oxygen atoms in total. The summed E-state index contributed by atoms with van der Waals surface area (Å²) < 4.78 is 40.3. The van der Waals surface area contributed by atoms with Crippen LogP contribution in [0.1, 0.15) is 11.1 Å². The minimum Gasteiger partial charge on any atom is -0.244 e. The van der Waals surface area contributed by atoms with E-state index in [-0.39, 0.29) is 17.5 Å². The number of aromatic nitrogens is 2. The lowest BCUT2D eigenvalue weighted by Gasteiger charge is -2.12. The predicted octanol–water partition coefficient (Wildman–Crippen LogP) is 8.45. The first kappa shape index (κ1) is 24.1. The van der Waals surface area contributed by atoms with Crippen molar-refractivity contribution in [2.75, 3.05) is 0 Å². The maximum Gasteiger partial charge on any atom is 0.123 e. The number of benzene rings is 5. The molecule has 6 aromatic rings. The smallest absolute Gasteiger partial charge is 0.123 e. The molecule has 186 valence electrons. The summed E-state index contributed by atoms with van der Waals surface area (Å²) in [7, 11) is 0. The summed E-state index contributed by atoms with van der Waals surface area (Å²) in [6.07, 6.45) is 0. The minimum atomic E-state index is -0.344. The lowest BCUT2D eigenvalue weighted by Crippen LogP contribution is -1.96. The second kappa shape index (κ2) is 10.3. The second-order valence-electron chi connectivity index (χ2n) is 8.97. The molecular formula is C34H19F3N2. The van der Waals surface area contributed by atoms with Gasteiger partial charge in [0.2, 0.25) is 0 Å². The van der Waals surface area contributed by atoms with Crippen molar-refractivity contribution >= 4 is 11.0 Å². The first-order valence-corrected chi connectivity index (χ1v) is 12.2. The Balaban J connectivity index is 1.38. The van der Waals surface area contributed by atoms with Gasteiger partial charge in [0.1, 0.15) is 17.5 Å². The van der Waals surface area contributed by atoms with E-state index in [0.29, 0.717) is 33.5 Å². The van der Waals surface area contributed by atoms with E-state index < -0.39 is 0 Å². The number of hydrogen-bond donors (Lipinski definition) is 0. The van der Waals surface area contributed by atoms with E-state index in [1.165, 1.54) is 36.4 Å². The van der Waals surface area contributed by atoms with Gasteiger partial charge in [0, 0.05) is 22.3 Å². The van der Waals surface area contributed by atoms with Gasteiger partial charge in [-0.25, -0.2) is 23.1 Å². The Bertz CT molecular complexity index is 1850. The van der Waals surface area contributed by atoms with Gasteiger partial charge in [0.05, 0.1) is 22.4 Å². The molecule has 0 bridgehead atoms. The van der Waals surface area contributed by atoms with Crippen LogP contribution in [0.4, 0.5) is 13.2 Å². The van der Waals surface area contributed by atoms with Crippen LogP contribution in [-0.4, -0.2) is 9.97 Å². The largest absolute Gasteiger partial charge is 0.244 e. The fraction of sp³-hybridized carbons (Fsp3) is 0. The van der Waals surface area contributed by atoms with Gasteiger partial charge in [-0.15, -0.1) is 0 Å².